The summed E-state index contributed by atoms with van der Waals surface area (Å²) in [6, 6.07) is 3.47. The standard InChI is InChI=1S/C31H41FN4O5S/c1-19(35(5)30(40)41-31(2,3)4)27(38)34-25(20-10-7-6-8-11-20)29(39)36-17-9-12-24(36)28-33-23(18-42-28)26(37)21-13-15-22(32)16-14-21/h13-16,18-20,24-25H,6-12,17H2,1-5H3,(H,34,38). The predicted molar refractivity (Wildman–Crippen MR) is 158 cm³/mol. The van der Waals surface area contributed by atoms with E-state index in [9.17, 15) is 23.6 Å². The molecule has 4 rings (SSSR count). The molecule has 3 atom stereocenters. The fourth-order valence-electron chi connectivity index (χ4n) is 5.55. The van der Waals surface area contributed by atoms with Gasteiger partial charge in [0.15, 0.2) is 0 Å². The Morgan fingerprint density at radius 3 is 2.38 bits per heavy atom. The zero-order chi connectivity index (χ0) is 30.6. The van der Waals surface area contributed by atoms with Gasteiger partial charge in [0, 0.05) is 24.5 Å². The number of ketones is 1. The highest BCUT2D eigenvalue weighted by atomic mass is 32.1. The zero-order valence-corrected chi connectivity index (χ0v) is 25.8. The van der Waals surface area contributed by atoms with Gasteiger partial charge in [0.2, 0.25) is 17.6 Å². The molecular weight excluding hydrogens is 559 g/mol. The lowest BCUT2D eigenvalue weighted by atomic mass is 9.83. The summed E-state index contributed by atoms with van der Waals surface area (Å²) in [4.78, 5) is 60.7. The summed E-state index contributed by atoms with van der Waals surface area (Å²) < 4.78 is 18.7. The number of nitrogens with zero attached hydrogens (tertiary/aromatic N) is 3. The maximum Gasteiger partial charge on any atom is 0.410 e. The molecule has 1 saturated heterocycles. The van der Waals surface area contributed by atoms with Crippen molar-refractivity contribution in [1.82, 2.24) is 20.1 Å². The highest BCUT2D eigenvalue weighted by molar-refractivity contribution is 7.10. The van der Waals surface area contributed by atoms with Crippen molar-refractivity contribution in [2.24, 2.45) is 5.92 Å². The average Bonchev–Trinajstić information content (AvgIpc) is 3.64. The van der Waals surface area contributed by atoms with E-state index in [0.717, 1.165) is 38.5 Å². The number of thiazole rings is 1. The van der Waals surface area contributed by atoms with Crippen LogP contribution in [0, 0.1) is 11.7 Å². The Labute approximate surface area is 250 Å². The van der Waals surface area contributed by atoms with E-state index in [2.05, 4.69) is 10.3 Å². The summed E-state index contributed by atoms with van der Waals surface area (Å²) in [5.41, 5.74) is -0.0955. The molecule has 1 aliphatic heterocycles. The normalized spacial score (nSPS) is 19.2. The second kappa shape index (κ2) is 13.3. The Kier molecular flexibility index (Phi) is 10.0. The number of hydrogen-bond acceptors (Lipinski definition) is 7. The first-order valence-corrected chi connectivity index (χ1v) is 15.6. The molecule has 3 amide bonds. The molecule has 2 fully saturated rings. The monoisotopic (exact) mass is 600 g/mol. The number of benzene rings is 1. The number of ether oxygens (including phenoxy) is 1. The van der Waals surface area contributed by atoms with E-state index >= 15 is 0 Å². The van der Waals surface area contributed by atoms with Gasteiger partial charge in [0.05, 0.1) is 6.04 Å². The minimum Gasteiger partial charge on any atom is -0.444 e. The molecule has 1 aliphatic carbocycles. The molecule has 9 nitrogen and oxygen atoms in total. The van der Waals surface area contributed by atoms with E-state index in [1.165, 1.54) is 47.5 Å². The molecule has 2 aliphatic rings. The van der Waals surface area contributed by atoms with Gasteiger partial charge in [-0.05, 0) is 83.6 Å². The molecule has 0 bridgehead atoms. The van der Waals surface area contributed by atoms with Crippen LogP contribution < -0.4 is 5.32 Å². The summed E-state index contributed by atoms with van der Waals surface area (Å²) in [6.45, 7) is 7.43. The summed E-state index contributed by atoms with van der Waals surface area (Å²) in [5.74, 6) is -1.31. The number of likely N-dealkylation sites (tertiary alicyclic amines) is 1. The fourth-order valence-corrected chi connectivity index (χ4v) is 6.50. The molecule has 2 heterocycles. The molecule has 11 heteroatoms. The number of carbonyl (C=O) groups excluding carboxylic acids is 4. The van der Waals surface area contributed by atoms with E-state index in [4.69, 9.17) is 4.74 Å². The molecule has 1 aromatic carbocycles. The fraction of sp³-hybridized carbons (Fsp3) is 0.581. The van der Waals surface area contributed by atoms with Crippen LogP contribution in [0.3, 0.4) is 0 Å². The van der Waals surface area contributed by atoms with Gasteiger partial charge in [-0.25, -0.2) is 14.2 Å². The second-order valence-electron chi connectivity index (χ2n) is 12.2. The van der Waals surface area contributed by atoms with Crippen molar-refractivity contribution in [1.29, 1.82) is 0 Å². The molecular formula is C31H41FN4O5S. The van der Waals surface area contributed by atoms with E-state index in [0.29, 0.717) is 23.5 Å². The largest absolute Gasteiger partial charge is 0.444 e. The minimum atomic E-state index is -0.841. The highest BCUT2D eigenvalue weighted by Gasteiger charge is 2.41. The number of nitrogens with one attached hydrogen (secondary N) is 1. The van der Waals surface area contributed by atoms with Crippen molar-refractivity contribution >= 4 is 35.0 Å². The van der Waals surface area contributed by atoms with Gasteiger partial charge in [-0.2, -0.15) is 0 Å². The molecule has 42 heavy (non-hydrogen) atoms. The first-order chi connectivity index (χ1) is 19.9. The number of aromatic nitrogens is 1. The predicted octanol–water partition coefficient (Wildman–Crippen LogP) is 5.50. The third kappa shape index (κ3) is 7.53. The van der Waals surface area contributed by atoms with E-state index in [1.807, 2.05) is 0 Å². The lowest BCUT2D eigenvalue weighted by Crippen LogP contribution is -2.56. The van der Waals surface area contributed by atoms with Gasteiger partial charge >= 0.3 is 6.09 Å². The lowest BCUT2D eigenvalue weighted by molar-refractivity contribution is -0.140. The first-order valence-electron chi connectivity index (χ1n) is 14.7. The molecule has 0 spiro atoms. The van der Waals surface area contributed by atoms with Gasteiger partial charge in [-0.1, -0.05) is 19.3 Å². The van der Waals surface area contributed by atoms with Crippen molar-refractivity contribution in [3.05, 3.63) is 51.7 Å². The van der Waals surface area contributed by atoms with Crippen molar-refractivity contribution in [2.75, 3.05) is 13.6 Å². The third-order valence-electron chi connectivity index (χ3n) is 8.01. The molecule has 1 aromatic heterocycles. The molecule has 228 valence electrons. The average molecular weight is 601 g/mol. The van der Waals surface area contributed by atoms with E-state index in [1.54, 1.807) is 38.0 Å². The second-order valence-corrected chi connectivity index (χ2v) is 13.1. The number of amides is 3. The van der Waals surface area contributed by atoms with Crippen LogP contribution >= 0.6 is 11.3 Å². The van der Waals surface area contributed by atoms with Crippen LogP contribution in [0.4, 0.5) is 9.18 Å². The van der Waals surface area contributed by atoms with Crippen LogP contribution in [0.25, 0.3) is 0 Å². The Morgan fingerprint density at radius 1 is 1.07 bits per heavy atom. The molecule has 1 N–H and O–H groups in total. The molecule has 3 unspecified atom stereocenters. The first kappa shape index (κ1) is 31.6. The van der Waals surface area contributed by atoms with Crippen LogP contribution in [0.15, 0.2) is 29.6 Å². The molecule has 1 saturated carbocycles. The number of likely N-dealkylation sites (N-methyl/N-ethyl adjacent to an activating group) is 1. The van der Waals surface area contributed by atoms with Gasteiger partial charge in [0.1, 0.15) is 34.2 Å². The Morgan fingerprint density at radius 2 is 1.74 bits per heavy atom. The smallest absolute Gasteiger partial charge is 0.410 e. The Bertz CT molecular complexity index is 1280. The van der Waals surface area contributed by atoms with Crippen LogP contribution in [0.5, 0.6) is 0 Å². The highest BCUT2D eigenvalue weighted by Crippen LogP contribution is 2.36. The summed E-state index contributed by atoms with van der Waals surface area (Å²) in [7, 11) is 1.51. The van der Waals surface area contributed by atoms with Gasteiger partial charge < -0.3 is 15.0 Å². The van der Waals surface area contributed by atoms with Gasteiger partial charge in [0.25, 0.3) is 0 Å². The van der Waals surface area contributed by atoms with Crippen LogP contribution in [0.1, 0.15) is 99.7 Å². The van der Waals surface area contributed by atoms with E-state index < -0.39 is 35.5 Å². The van der Waals surface area contributed by atoms with E-state index in [-0.39, 0.29) is 29.3 Å². The summed E-state index contributed by atoms with van der Waals surface area (Å²) in [5, 5.41) is 5.34. The molecule has 2 aromatic rings. The quantitative estimate of drug-likeness (QED) is 0.401. The lowest BCUT2D eigenvalue weighted by Gasteiger charge is -2.36. The van der Waals surface area contributed by atoms with Gasteiger partial charge in [-0.3, -0.25) is 19.3 Å². The number of halogens is 1. The maximum atomic E-state index is 14.2. The van der Waals surface area contributed by atoms with Crippen molar-refractivity contribution < 1.29 is 28.3 Å². The Hall–Kier alpha value is -3.34. The van der Waals surface area contributed by atoms with Crippen LogP contribution in [-0.4, -0.2) is 69.8 Å². The molecule has 0 radical (unpaired) electrons. The topological polar surface area (TPSA) is 109 Å². The third-order valence-corrected chi connectivity index (χ3v) is 8.95. The SMILES string of the molecule is CC(C(=O)NC(C(=O)N1CCCC1c1nc(C(=O)c2ccc(F)cc2)cs1)C1CCCCC1)N(C)C(=O)OC(C)(C)C. The number of carbonyl (C=O) groups is 4. The van der Waals surface area contributed by atoms with Crippen molar-refractivity contribution in [3.63, 3.8) is 0 Å². The van der Waals surface area contributed by atoms with Crippen LogP contribution in [0.2, 0.25) is 0 Å². The summed E-state index contributed by atoms with van der Waals surface area (Å²) >= 11 is 1.33. The Balaban J connectivity index is 1.51. The number of rotatable bonds is 8. The van der Waals surface area contributed by atoms with Crippen LogP contribution in [-0.2, 0) is 14.3 Å². The summed E-state index contributed by atoms with van der Waals surface area (Å²) in [6.07, 6.45) is 5.61. The number of hydrogen-bond donors (Lipinski definition) is 1. The van der Waals surface area contributed by atoms with Gasteiger partial charge in [-0.15, -0.1) is 11.3 Å². The minimum absolute atomic E-state index is 0.0117. The van der Waals surface area contributed by atoms with Crippen molar-refractivity contribution in [3.8, 4) is 0 Å². The zero-order valence-electron chi connectivity index (χ0n) is 25.0. The van der Waals surface area contributed by atoms with Crippen molar-refractivity contribution in [2.45, 2.75) is 96.4 Å². The maximum absolute atomic E-state index is 14.2.